The van der Waals surface area contributed by atoms with Crippen molar-refractivity contribution in [3.63, 3.8) is 0 Å². The molecule has 2 aromatic carbocycles. The predicted molar refractivity (Wildman–Crippen MR) is 99.7 cm³/mol. The van der Waals surface area contributed by atoms with E-state index in [1.165, 1.54) is 11.1 Å². The van der Waals surface area contributed by atoms with E-state index < -0.39 is 23.5 Å². The Labute approximate surface area is 158 Å². The molecule has 0 saturated carbocycles. The van der Waals surface area contributed by atoms with Gasteiger partial charge < -0.3 is 15.0 Å². The number of H-pyrrole nitrogens is 1. The highest BCUT2D eigenvalue weighted by molar-refractivity contribution is 6.17. The van der Waals surface area contributed by atoms with Crippen LogP contribution in [0.3, 0.4) is 0 Å². The van der Waals surface area contributed by atoms with Gasteiger partial charge in [0.2, 0.25) is 0 Å². The van der Waals surface area contributed by atoms with Gasteiger partial charge in [-0.05, 0) is 36.6 Å². The van der Waals surface area contributed by atoms with Gasteiger partial charge in [0.1, 0.15) is 11.6 Å². The van der Waals surface area contributed by atoms with Gasteiger partial charge in [0.05, 0.1) is 11.3 Å². The lowest BCUT2D eigenvalue weighted by molar-refractivity contribution is -0.130. The number of nitrogens with zero attached hydrogens (tertiary/aromatic N) is 1. The number of aromatic nitrogens is 1. The third kappa shape index (κ3) is 2.94. The van der Waals surface area contributed by atoms with Crippen molar-refractivity contribution in [3.05, 3.63) is 76.6 Å². The summed E-state index contributed by atoms with van der Waals surface area (Å²) >= 11 is 0. The van der Waals surface area contributed by atoms with Crippen LogP contribution in [0.15, 0.2) is 42.6 Å². The van der Waals surface area contributed by atoms with Gasteiger partial charge in [-0.1, -0.05) is 18.2 Å². The van der Waals surface area contributed by atoms with Crippen molar-refractivity contribution >= 4 is 28.4 Å². The van der Waals surface area contributed by atoms with Crippen molar-refractivity contribution in [1.29, 1.82) is 0 Å². The van der Waals surface area contributed by atoms with E-state index in [1.807, 2.05) is 25.1 Å². The molecule has 1 amide bonds. The summed E-state index contributed by atoms with van der Waals surface area (Å²) in [5.74, 6) is -3.60. The van der Waals surface area contributed by atoms with Gasteiger partial charge in [-0.25, -0.2) is 13.6 Å². The molecule has 1 aromatic heterocycles. The van der Waals surface area contributed by atoms with Crippen molar-refractivity contribution < 1.29 is 23.5 Å². The molecular weight excluding hydrogens is 366 g/mol. The molecule has 7 heteroatoms. The van der Waals surface area contributed by atoms with E-state index >= 15 is 0 Å². The van der Waals surface area contributed by atoms with Crippen molar-refractivity contribution in [2.45, 2.75) is 13.3 Å². The molecule has 0 aliphatic carbocycles. The molecule has 0 saturated heterocycles. The van der Waals surface area contributed by atoms with Gasteiger partial charge in [-0.2, -0.15) is 0 Å². The summed E-state index contributed by atoms with van der Waals surface area (Å²) in [6, 6.07) is 8.26. The quantitative estimate of drug-likeness (QED) is 0.707. The monoisotopic (exact) mass is 382 g/mol. The van der Waals surface area contributed by atoms with Crippen LogP contribution in [0.4, 0.5) is 8.78 Å². The zero-order valence-corrected chi connectivity index (χ0v) is 14.9. The van der Waals surface area contributed by atoms with Crippen LogP contribution in [0.5, 0.6) is 0 Å². The molecule has 142 valence electrons. The second-order valence-corrected chi connectivity index (χ2v) is 6.73. The SMILES string of the molecule is Cc1cccc2c3c([nH]c12)C(C(=O)O)=CN(C(=O)c1cc(F)cc(F)c1)CC3. The van der Waals surface area contributed by atoms with E-state index in [1.54, 1.807) is 0 Å². The fraction of sp³-hybridized carbons (Fsp3) is 0.143. The van der Waals surface area contributed by atoms with E-state index in [9.17, 15) is 23.5 Å². The van der Waals surface area contributed by atoms with E-state index in [2.05, 4.69) is 4.98 Å². The predicted octanol–water partition coefficient (Wildman–Crippen LogP) is 3.88. The second kappa shape index (κ2) is 6.60. The first-order valence-corrected chi connectivity index (χ1v) is 8.68. The molecule has 28 heavy (non-hydrogen) atoms. The number of amides is 1. The highest BCUT2D eigenvalue weighted by atomic mass is 19.1. The maximum Gasteiger partial charge on any atom is 0.339 e. The number of para-hydroxylation sites is 1. The first-order valence-electron chi connectivity index (χ1n) is 8.68. The number of carbonyl (C=O) groups excluding carboxylic acids is 1. The average Bonchev–Trinajstić information content (AvgIpc) is 2.89. The van der Waals surface area contributed by atoms with Crippen LogP contribution >= 0.6 is 0 Å². The summed E-state index contributed by atoms with van der Waals surface area (Å²) in [7, 11) is 0. The fourth-order valence-corrected chi connectivity index (χ4v) is 3.59. The minimum Gasteiger partial charge on any atom is -0.478 e. The Balaban J connectivity index is 1.82. The number of benzene rings is 2. The highest BCUT2D eigenvalue weighted by Crippen LogP contribution is 2.32. The lowest BCUT2D eigenvalue weighted by atomic mass is 10.0. The van der Waals surface area contributed by atoms with Crippen molar-refractivity contribution in [1.82, 2.24) is 9.88 Å². The summed E-state index contributed by atoms with van der Waals surface area (Å²) in [6.45, 7) is 2.11. The zero-order chi connectivity index (χ0) is 20.0. The average molecular weight is 382 g/mol. The van der Waals surface area contributed by atoms with Crippen LogP contribution in [0.1, 0.15) is 27.2 Å². The Morgan fingerprint density at radius 1 is 1.14 bits per heavy atom. The van der Waals surface area contributed by atoms with Crippen LogP contribution in [-0.2, 0) is 11.2 Å². The largest absolute Gasteiger partial charge is 0.478 e. The molecule has 2 heterocycles. The van der Waals surface area contributed by atoms with Crippen molar-refractivity contribution in [2.75, 3.05) is 6.54 Å². The minimum atomic E-state index is -1.20. The summed E-state index contributed by atoms with van der Waals surface area (Å²) in [4.78, 5) is 29.0. The van der Waals surface area contributed by atoms with Crippen LogP contribution in [0, 0.1) is 18.6 Å². The molecule has 0 atom stereocenters. The summed E-state index contributed by atoms with van der Waals surface area (Å²) in [5.41, 5.74) is 2.83. The number of hydrogen-bond acceptors (Lipinski definition) is 2. The number of nitrogens with one attached hydrogen (secondary N) is 1. The summed E-state index contributed by atoms with van der Waals surface area (Å²) < 4.78 is 27.0. The van der Waals surface area contributed by atoms with Crippen LogP contribution in [0.2, 0.25) is 0 Å². The van der Waals surface area contributed by atoms with E-state index in [-0.39, 0.29) is 17.7 Å². The van der Waals surface area contributed by atoms with E-state index in [0.29, 0.717) is 18.2 Å². The van der Waals surface area contributed by atoms with Gasteiger partial charge in [0.25, 0.3) is 5.91 Å². The van der Waals surface area contributed by atoms with E-state index in [4.69, 9.17) is 0 Å². The van der Waals surface area contributed by atoms with Crippen LogP contribution in [-0.4, -0.2) is 33.4 Å². The molecule has 1 aliphatic heterocycles. The number of rotatable bonds is 2. The van der Waals surface area contributed by atoms with Crippen LogP contribution < -0.4 is 0 Å². The maximum atomic E-state index is 13.5. The Morgan fingerprint density at radius 3 is 2.54 bits per heavy atom. The smallest absolute Gasteiger partial charge is 0.339 e. The molecule has 0 fully saturated rings. The molecule has 1 aliphatic rings. The molecule has 0 unspecified atom stereocenters. The standard InChI is InChI=1S/C21H16F2N2O3/c1-11-3-2-4-15-16-5-6-25(10-17(21(27)28)19(16)24-18(11)15)20(26)12-7-13(22)9-14(23)8-12/h2-4,7-10,24H,5-6H2,1H3,(H,27,28). The molecule has 0 bridgehead atoms. The van der Waals surface area contributed by atoms with Crippen LogP contribution in [0.25, 0.3) is 16.5 Å². The second-order valence-electron chi connectivity index (χ2n) is 6.73. The lowest BCUT2D eigenvalue weighted by Gasteiger charge is -2.17. The Morgan fingerprint density at radius 2 is 1.86 bits per heavy atom. The van der Waals surface area contributed by atoms with E-state index in [0.717, 1.165) is 34.2 Å². The van der Waals surface area contributed by atoms with Gasteiger partial charge in [0, 0.05) is 35.3 Å². The first-order chi connectivity index (χ1) is 13.3. The topological polar surface area (TPSA) is 73.4 Å². The maximum absolute atomic E-state index is 13.5. The number of aliphatic carboxylic acids is 1. The summed E-state index contributed by atoms with van der Waals surface area (Å²) in [6.07, 6.45) is 1.62. The van der Waals surface area contributed by atoms with Gasteiger partial charge in [0.15, 0.2) is 0 Å². The minimum absolute atomic E-state index is 0.0756. The number of carboxylic acid groups (broad SMARTS) is 1. The normalized spacial score (nSPS) is 13.8. The fourth-order valence-electron chi connectivity index (χ4n) is 3.59. The molecular formula is C21H16F2N2O3. The van der Waals surface area contributed by atoms with Gasteiger partial charge in [-0.3, -0.25) is 4.79 Å². The number of hydrogen-bond donors (Lipinski definition) is 2. The molecule has 0 spiro atoms. The molecule has 5 nitrogen and oxygen atoms in total. The molecule has 4 rings (SSSR count). The third-order valence-electron chi connectivity index (χ3n) is 4.91. The molecule has 2 N–H and O–H groups in total. The Bertz CT molecular complexity index is 1140. The third-order valence-corrected chi connectivity index (χ3v) is 4.91. The molecule has 3 aromatic rings. The number of carbonyl (C=O) groups is 2. The number of aryl methyl sites for hydroxylation is 1. The Hall–Kier alpha value is -3.48. The number of carboxylic acids is 1. The Kier molecular flexibility index (Phi) is 4.22. The highest BCUT2D eigenvalue weighted by Gasteiger charge is 2.27. The van der Waals surface area contributed by atoms with Gasteiger partial charge >= 0.3 is 5.97 Å². The number of fused-ring (bicyclic) bond motifs is 3. The summed E-state index contributed by atoms with van der Waals surface area (Å²) in [5, 5.41) is 10.6. The first kappa shape index (κ1) is 17.9. The van der Waals surface area contributed by atoms with Crippen molar-refractivity contribution in [2.24, 2.45) is 0 Å². The zero-order valence-electron chi connectivity index (χ0n) is 14.9. The molecule has 0 radical (unpaired) electrons. The number of halogens is 2. The number of aromatic amines is 1. The van der Waals surface area contributed by atoms with Crippen molar-refractivity contribution in [3.8, 4) is 0 Å². The lowest BCUT2D eigenvalue weighted by Crippen LogP contribution is -2.28. The van der Waals surface area contributed by atoms with Gasteiger partial charge in [-0.15, -0.1) is 0 Å².